The number of hydrogen-bond donors (Lipinski definition) is 5. The van der Waals surface area contributed by atoms with Gasteiger partial charge >= 0.3 is 5.97 Å². The lowest BCUT2D eigenvalue weighted by molar-refractivity contribution is -0.143. The number of nitrogens with zero attached hydrogens (tertiary/aromatic N) is 2. The van der Waals surface area contributed by atoms with E-state index in [0.717, 1.165) is 0 Å². The van der Waals surface area contributed by atoms with Crippen molar-refractivity contribution in [3.8, 4) is 17.2 Å². The molecule has 2 heterocycles. The van der Waals surface area contributed by atoms with Gasteiger partial charge in [-0.3, -0.25) is 28.8 Å². The van der Waals surface area contributed by atoms with Crippen LogP contribution in [-0.2, 0) is 30.4 Å². The number of phenolic OH excluding ortho intramolecular Hbond substituents is 1. The number of amides is 4. The highest BCUT2D eigenvalue weighted by molar-refractivity contribution is 6.03. The Labute approximate surface area is 316 Å². The fourth-order valence-corrected chi connectivity index (χ4v) is 6.33. The number of aliphatic carboxylic acids is 1. The molecule has 16 heteroatoms. The first-order valence-corrected chi connectivity index (χ1v) is 17.6. The molecule has 1 unspecified atom stereocenters. The molecule has 0 spiro atoms. The number of ether oxygens (including phenoxy) is 2. The van der Waals surface area contributed by atoms with Crippen molar-refractivity contribution in [3.05, 3.63) is 84.3 Å². The first kappa shape index (κ1) is 39.8. The van der Waals surface area contributed by atoms with Crippen LogP contribution >= 0.6 is 0 Å². The summed E-state index contributed by atoms with van der Waals surface area (Å²) in [5, 5.41) is 27.3. The SMILES string of the molecule is COc1cccc2nc(C(=O)[C@H](CC(=O)O)NC(=O)C3C[C@@H](Oc4ccccc4)CN3C(=O)[C@@H](NC(=O)[C@H](Cc3ccc(O)cc3)NC(C)=O)C(C)C)oc12. The molecule has 4 amide bonds. The second-order valence-corrected chi connectivity index (χ2v) is 13.5. The van der Waals surface area contributed by atoms with E-state index in [1.54, 1.807) is 74.5 Å². The predicted molar refractivity (Wildman–Crippen MR) is 196 cm³/mol. The predicted octanol–water partition coefficient (Wildman–Crippen LogP) is 2.62. The second-order valence-electron chi connectivity index (χ2n) is 13.5. The molecule has 1 fully saturated rings. The molecule has 5 atom stereocenters. The van der Waals surface area contributed by atoms with Crippen LogP contribution in [0.15, 0.2) is 77.2 Å². The molecule has 0 aliphatic carbocycles. The Balaban J connectivity index is 1.40. The third-order valence-corrected chi connectivity index (χ3v) is 9.02. The highest BCUT2D eigenvalue weighted by Crippen LogP contribution is 2.28. The molecule has 3 aromatic carbocycles. The topological polar surface area (TPSA) is 227 Å². The number of fused-ring (bicyclic) bond motifs is 1. The number of phenols is 1. The smallest absolute Gasteiger partial charge is 0.305 e. The molecule has 16 nitrogen and oxygen atoms in total. The number of Topliss-reactive ketones (excluding diaryl/α,β-unsaturated/α-hetero) is 1. The van der Waals surface area contributed by atoms with E-state index < -0.39 is 83.9 Å². The van der Waals surface area contributed by atoms with Crippen LogP contribution in [0.25, 0.3) is 11.1 Å². The minimum Gasteiger partial charge on any atom is -0.508 e. The standard InChI is InChI=1S/C39H43N5O11/c1-21(2)33(43-36(50)29(40-22(3)45)17-23-13-15-24(46)16-14-23)39(52)44-20-26(54-25-9-6-5-7-10-25)18-30(44)37(51)41-28(19-32(47)48)34(49)38-42-27-11-8-12-31(53-4)35(27)55-38/h5-16,21,26,28-30,33,46H,17-20H2,1-4H3,(H,40,45)(H,41,51)(H,43,50)(H,47,48)/t26-,28+,29+,30?,33+/m1/s1. The Morgan fingerprint density at radius 1 is 0.927 bits per heavy atom. The Kier molecular flexibility index (Phi) is 12.7. The van der Waals surface area contributed by atoms with Gasteiger partial charge in [-0.25, -0.2) is 4.98 Å². The molecule has 1 saturated heterocycles. The van der Waals surface area contributed by atoms with E-state index in [-0.39, 0.29) is 36.2 Å². The van der Waals surface area contributed by atoms with Crippen molar-refractivity contribution < 1.29 is 52.9 Å². The lowest BCUT2D eigenvalue weighted by Crippen LogP contribution is -2.59. The summed E-state index contributed by atoms with van der Waals surface area (Å²) < 4.78 is 17.1. The van der Waals surface area contributed by atoms with Crippen molar-refractivity contribution in [3.63, 3.8) is 0 Å². The molecule has 1 aliphatic rings. The molecule has 0 bridgehead atoms. The molecular formula is C39H43N5O11. The highest BCUT2D eigenvalue weighted by Gasteiger charge is 2.45. The number of aromatic hydroxyl groups is 1. The van der Waals surface area contributed by atoms with Crippen molar-refractivity contribution in [2.45, 2.75) is 70.3 Å². The molecule has 0 saturated carbocycles. The summed E-state index contributed by atoms with van der Waals surface area (Å²) in [5.41, 5.74) is 1.08. The quantitative estimate of drug-likeness (QED) is 0.104. The Bertz CT molecular complexity index is 2030. The number of likely N-dealkylation sites (tertiary alicyclic amines) is 1. The Hall–Kier alpha value is -6.45. The van der Waals surface area contributed by atoms with E-state index in [0.29, 0.717) is 17.1 Å². The number of benzene rings is 3. The monoisotopic (exact) mass is 757 g/mol. The summed E-state index contributed by atoms with van der Waals surface area (Å²) in [6.45, 7) is 4.58. The van der Waals surface area contributed by atoms with Gasteiger partial charge in [-0.1, -0.05) is 50.2 Å². The van der Waals surface area contributed by atoms with E-state index >= 15 is 0 Å². The molecule has 5 N–H and O–H groups in total. The van der Waals surface area contributed by atoms with Gasteiger partial charge in [0.05, 0.1) is 20.1 Å². The molecule has 1 aliphatic heterocycles. The van der Waals surface area contributed by atoms with Crippen molar-refractivity contribution in [2.75, 3.05) is 13.7 Å². The number of carbonyl (C=O) groups excluding carboxylic acids is 5. The number of hydrogen-bond acceptors (Lipinski definition) is 11. The van der Waals surface area contributed by atoms with Gasteiger partial charge in [-0.2, -0.15) is 0 Å². The number of carboxylic acid groups (broad SMARTS) is 1. The van der Waals surface area contributed by atoms with Crippen molar-refractivity contribution >= 4 is 46.5 Å². The maximum atomic E-state index is 14.4. The summed E-state index contributed by atoms with van der Waals surface area (Å²) in [7, 11) is 1.41. The van der Waals surface area contributed by atoms with Crippen LogP contribution in [0.5, 0.6) is 17.2 Å². The minimum absolute atomic E-state index is 0.0269. The number of nitrogens with one attached hydrogen (secondary N) is 3. The van der Waals surface area contributed by atoms with Crippen molar-refractivity contribution in [1.29, 1.82) is 0 Å². The molecule has 290 valence electrons. The Morgan fingerprint density at radius 3 is 2.27 bits per heavy atom. The maximum Gasteiger partial charge on any atom is 0.305 e. The molecule has 0 radical (unpaired) electrons. The number of carbonyl (C=O) groups is 6. The molecular weight excluding hydrogens is 714 g/mol. The fraction of sp³-hybridized carbons (Fsp3) is 0.359. The van der Waals surface area contributed by atoms with Gasteiger partial charge in [-0.15, -0.1) is 0 Å². The first-order valence-electron chi connectivity index (χ1n) is 17.6. The van der Waals surface area contributed by atoms with Crippen molar-refractivity contribution in [2.24, 2.45) is 5.92 Å². The van der Waals surface area contributed by atoms with Crippen LogP contribution < -0.4 is 25.4 Å². The number of carboxylic acids is 1. The van der Waals surface area contributed by atoms with E-state index in [4.69, 9.17) is 13.9 Å². The Morgan fingerprint density at radius 2 is 1.64 bits per heavy atom. The zero-order chi connectivity index (χ0) is 39.8. The van der Waals surface area contributed by atoms with Gasteiger partial charge in [0.1, 0.15) is 47.3 Å². The van der Waals surface area contributed by atoms with Gasteiger partial charge in [0.25, 0.3) is 5.89 Å². The number of aromatic nitrogens is 1. The maximum absolute atomic E-state index is 14.4. The third kappa shape index (κ3) is 9.96. The van der Waals surface area contributed by atoms with E-state index in [1.165, 1.54) is 31.1 Å². The number of oxazole rings is 1. The van der Waals surface area contributed by atoms with Crippen molar-refractivity contribution in [1.82, 2.24) is 25.8 Å². The van der Waals surface area contributed by atoms with Gasteiger partial charge in [0, 0.05) is 19.8 Å². The molecule has 1 aromatic heterocycles. The normalized spacial score (nSPS) is 16.9. The van der Waals surface area contributed by atoms with Crippen LogP contribution in [0, 0.1) is 5.92 Å². The van der Waals surface area contributed by atoms with Gasteiger partial charge in [0.2, 0.25) is 29.4 Å². The third-order valence-electron chi connectivity index (χ3n) is 9.02. The highest BCUT2D eigenvalue weighted by atomic mass is 16.5. The number of methoxy groups -OCH3 is 1. The van der Waals surface area contributed by atoms with Crippen LogP contribution in [0.3, 0.4) is 0 Å². The van der Waals surface area contributed by atoms with Gasteiger partial charge < -0.3 is 45.0 Å². The molecule has 55 heavy (non-hydrogen) atoms. The number of para-hydroxylation sites is 2. The van der Waals surface area contributed by atoms with E-state index in [9.17, 15) is 39.0 Å². The van der Waals surface area contributed by atoms with E-state index in [2.05, 4.69) is 20.9 Å². The lowest BCUT2D eigenvalue weighted by Gasteiger charge is -2.31. The zero-order valence-electron chi connectivity index (χ0n) is 30.7. The first-order chi connectivity index (χ1) is 26.2. The molecule has 4 aromatic rings. The average molecular weight is 758 g/mol. The minimum atomic E-state index is -1.63. The van der Waals surface area contributed by atoms with Crippen LogP contribution in [0.1, 0.15) is 49.9 Å². The van der Waals surface area contributed by atoms with Gasteiger partial charge in [0.15, 0.2) is 11.3 Å². The molecule has 5 rings (SSSR count). The number of ketones is 1. The summed E-state index contributed by atoms with van der Waals surface area (Å²) in [6.07, 6.45) is -1.50. The summed E-state index contributed by atoms with van der Waals surface area (Å²) in [4.78, 5) is 85.3. The number of rotatable bonds is 16. The average Bonchev–Trinajstić information content (AvgIpc) is 3.78. The summed E-state index contributed by atoms with van der Waals surface area (Å²) >= 11 is 0. The van der Waals surface area contributed by atoms with Crippen LogP contribution in [0.4, 0.5) is 0 Å². The van der Waals surface area contributed by atoms with E-state index in [1.807, 2.05) is 0 Å². The summed E-state index contributed by atoms with van der Waals surface area (Å²) in [5.74, 6) is -5.06. The zero-order valence-corrected chi connectivity index (χ0v) is 30.7. The van der Waals surface area contributed by atoms with Crippen LogP contribution in [-0.4, -0.2) is 99.4 Å². The largest absolute Gasteiger partial charge is 0.508 e. The summed E-state index contributed by atoms with van der Waals surface area (Å²) in [6, 6.07) is 14.5. The lowest BCUT2D eigenvalue weighted by atomic mass is 10.00. The van der Waals surface area contributed by atoms with Crippen LogP contribution in [0.2, 0.25) is 0 Å². The van der Waals surface area contributed by atoms with Gasteiger partial charge in [-0.05, 0) is 47.9 Å². The fourth-order valence-electron chi connectivity index (χ4n) is 6.33. The second kappa shape index (κ2) is 17.6.